The molecule has 1 heterocycles. The molecule has 1 aromatic carbocycles. The van der Waals surface area contributed by atoms with Gasteiger partial charge in [0.05, 0.1) is 0 Å². The maximum atomic E-state index is 2.33. The molecular formula is C13H14BS. The van der Waals surface area contributed by atoms with Gasteiger partial charge in [0.15, 0.2) is 7.28 Å². The molecule has 0 aliphatic rings. The van der Waals surface area contributed by atoms with Crippen LogP contribution < -0.4 is 4.78 Å². The third kappa shape index (κ3) is 2.72. The molecule has 0 saturated carbocycles. The maximum absolute atomic E-state index is 2.33. The van der Waals surface area contributed by atoms with Crippen molar-refractivity contribution < 1.29 is 0 Å². The predicted octanol–water partition coefficient (Wildman–Crippen LogP) is 2.84. The number of thiophene rings is 1. The Labute approximate surface area is 96.2 Å². The van der Waals surface area contributed by atoms with Gasteiger partial charge < -0.3 is 0 Å². The average molecular weight is 213 g/mol. The van der Waals surface area contributed by atoms with Gasteiger partial charge in [0.25, 0.3) is 0 Å². The van der Waals surface area contributed by atoms with Gasteiger partial charge in [-0.25, -0.2) is 0 Å². The second kappa shape index (κ2) is 5.17. The van der Waals surface area contributed by atoms with Gasteiger partial charge in [-0.1, -0.05) is 42.8 Å². The second-order valence-corrected chi connectivity index (χ2v) is 4.51. The molecule has 0 saturated heterocycles. The molecule has 75 valence electrons. The zero-order valence-electron chi connectivity index (χ0n) is 8.94. The van der Waals surface area contributed by atoms with Crippen LogP contribution in [0.4, 0.5) is 0 Å². The molecule has 0 bridgehead atoms. The Morgan fingerprint density at radius 2 is 1.93 bits per heavy atom. The van der Waals surface area contributed by atoms with Gasteiger partial charge >= 0.3 is 0 Å². The van der Waals surface area contributed by atoms with Crippen LogP contribution in [0.5, 0.6) is 0 Å². The maximum Gasteiger partial charge on any atom is 0.170 e. The summed E-state index contributed by atoms with van der Waals surface area (Å²) < 4.78 is 1.43. The predicted molar refractivity (Wildman–Crippen MR) is 69.2 cm³/mol. The van der Waals surface area contributed by atoms with Crippen LogP contribution in [0.1, 0.15) is 18.1 Å². The summed E-state index contributed by atoms with van der Waals surface area (Å²) in [6, 6.07) is 12.8. The van der Waals surface area contributed by atoms with Gasteiger partial charge in [-0.15, -0.1) is 0 Å². The van der Waals surface area contributed by atoms with E-state index in [1.54, 1.807) is 0 Å². The summed E-state index contributed by atoms with van der Waals surface area (Å²) in [7, 11) is 2.33. The van der Waals surface area contributed by atoms with E-state index in [4.69, 9.17) is 0 Å². The summed E-state index contributed by atoms with van der Waals surface area (Å²) in [6.07, 6.45) is 2.17. The lowest BCUT2D eigenvalue weighted by molar-refractivity contribution is 1.16. The fourth-order valence-corrected chi connectivity index (χ4v) is 2.57. The van der Waals surface area contributed by atoms with Crippen LogP contribution in [0.3, 0.4) is 0 Å². The molecule has 0 spiro atoms. The summed E-state index contributed by atoms with van der Waals surface area (Å²) in [4.78, 5) is 0. The molecule has 0 amide bonds. The highest BCUT2D eigenvalue weighted by atomic mass is 32.1. The topological polar surface area (TPSA) is 0 Å². The van der Waals surface area contributed by atoms with Crippen LogP contribution in [0.2, 0.25) is 0 Å². The lowest BCUT2D eigenvalue weighted by Gasteiger charge is -2.00. The molecule has 1 aromatic heterocycles. The Kier molecular flexibility index (Phi) is 3.62. The van der Waals surface area contributed by atoms with Crippen molar-refractivity contribution in [2.75, 3.05) is 0 Å². The van der Waals surface area contributed by atoms with Crippen LogP contribution in [-0.2, 0) is 12.7 Å². The minimum absolute atomic E-state index is 1.04. The van der Waals surface area contributed by atoms with Gasteiger partial charge in [0, 0.05) is 0 Å². The van der Waals surface area contributed by atoms with Gasteiger partial charge in [-0.05, 0) is 34.5 Å². The van der Waals surface area contributed by atoms with Gasteiger partial charge in [0.1, 0.15) is 0 Å². The third-order valence-electron chi connectivity index (χ3n) is 2.53. The number of rotatable bonds is 4. The van der Waals surface area contributed by atoms with Crippen molar-refractivity contribution in [1.29, 1.82) is 0 Å². The van der Waals surface area contributed by atoms with Crippen LogP contribution in [0.25, 0.3) is 0 Å². The molecule has 1 radical (unpaired) electrons. The molecule has 0 atom stereocenters. The molecule has 15 heavy (non-hydrogen) atoms. The van der Waals surface area contributed by atoms with E-state index in [0.717, 1.165) is 12.7 Å². The lowest BCUT2D eigenvalue weighted by Crippen LogP contribution is -2.16. The first-order chi connectivity index (χ1) is 7.40. The van der Waals surface area contributed by atoms with Gasteiger partial charge in [-0.3, -0.25) is 0 Å². The zero-order valence-corrected chi connectivity index (χ0v) is 9.76. The molecule has 0 unspecified atom stereocenters. The second-order valence-electron chi connectivity index (χ2n) is 3.56. The Morgan fingerprint density at radius 1 is 1.13 bits per heavy atom. The van der Waals surface area contributed by atoms with E-state index in [-0.39, 0.29) is 0 Å². The number of hydrogen-bond donors (Lipinski definition) is 0. The van der Waals surface area contributed by atoms with E-state index < -0.39 is 0 Å². The molecule has 0 aliphatic carbocycles. The van der Waals surface area contributed by atoms with Crippen molar-refractivity contribution in [3.8, 4) is 0 Å². The van der Waals surface area contributed by atoms with Gasteiger partial charge in [0.2, 0.25) is 0 Å². The first-order valence-corrected chi connectivity index (χ1v) is 6.21. The Balaban J connectivity index is 1.99. The smallest absolute Gasteiger partial charge is 0.159 e. The summed E-state index contributed by atoms with van der Waals surface area (Å²) in [5.74, 6) is 0. The Hall–Kier alpha value is -1.02. The Bertz CT molecular complexity index is 405. The normalized spacial score (nSPS) is 10.2. The van der Waals surface area contributed by atoms with E-state index >= 15 is 0 Å². The van der Waals surface area contributed by atoms with Crippen molar-refractivity contribution in [3.63, 3.8) is 0 Å². The first kappa shape index (κ1) is 10.5. The quantitative estimate of drug-likeness (QED) is 0.685. The van der Waals surface area contributed by atoms with Crippen LogP contribution >= 0.6 is 11.3 Å². The molecule has 2 heteroatoms. The fraction of sp³-hybridized carbons (Fsp3) is 0.231. The lowest BCUT2D eigenvalue weighted by atomic mass is 9.69. The third-order valence-corrected chi connectivity index (χ3v) is 3.48. The highest BCUT2D eigenvalue weighted by Gasteiger charge is 2.03. The summed E-state index contributed by atoms with van der Waals surface area (Å²) in [5.41, 5.74) is 2.85. The molecule has 2 rings (SSSR count). The highest BCUT2D eigenvalue weighted by molar-refractivity contribution is 7.20. The van der Waals surface area contributed by atoms with Crippen LogP contribution in [0.15, 0.2) is 41.8 Å². The number of benzene rings is 1. The highest BCUT2D eigenvalue weighted by Crippen LogP contribution is 2.05. The summed E-state index contributed by atoms with van der Waals surface area (Å²) in [5, 5.41) is 2.18. The SMILES string of the molecule is CCc1ccsc1[B]Cc1ccccc1. The van der Waals surface area contributed by atoms with Crippen molar-refractivity contribution in [1.82, 2.24) is 0 Å². The first-order valence-electron chi connectivity index (χ1n) is 5.33. The van der Waals surface area contributed by atoms with Crippen LogP contribution in [0, 0.1) is 0 Å². The van der Waals surface area contributed by atoms with E-state index in [0.29, 0.717) is 0 Å². The van der Waals surface area contributed by atoms with E-state index in [9.17, 15) is 0 Å². The summed E-state index contributed by atoms with van der Waals surface area (Å²) in [6.45, 7) is 2.21. The van der Waals surface area contributed by atoms with E-state index in [1.165, 1.54) is 15.9 Å². The number of aryl methyl sites for hydroxylation is 1. The van der Waals surface area contributed by atoms with Crippen molar-refractivity contribution >= 4 is 23.4 Å². The fourth-order valence-electron chi connectivity index (χ4n) is 1.64. The Morgan fingerprint density at radius 3 is 2.67 bits per heavy atom. The standard InChI is InChI=1S/C13H14BS/c1-2-12-8-9-15-13(12)14-10-11-6-4-3-5-7-11/h3-9H,2,10H2,1H3. The largest absolute Gasteiger partial charge is 0.170 e. The molecular weight excluding hydrogens is 199 g/mol. The van der Waals surface area contributed by atoms with Crippen molar-refractivity contribution in [3.05, 3.63) is 52.9 Å². The summed E-state index contributed by atoms with van der Waals surface area (Å²) >= 11 is 1.84. The molecule has 0 fully saturated rings. The molecule has 0 aliphatic heterocycles. The zero-order chi connectivity index (χ0) is 10.5. The van der Waals surface area contributed by atoms with Crippen molar-refractivity contribution in [2.24, 2.45) is 0 Å². The molecule has 2 aromatic rings. The minimum atomic E-state index is 1.04. The van der Waals surface area contributed by atoms with E-state index in [1.807, 2.05) is 11.3 Å². The molecule has 0 nitrogen and oxygen atoms in total. The minimum Gasteiger partial charge on any atom is -0.159 e. The molecule has 0 N–H and O–H groups in total. The monoisotopic (exact) mass is 213 g/mol. The van der Waals surface area contributed by atoms with Crippen molar-refractivity contribution in [2.45, 2.75) is 19.7 Å². The average Bonchev–Trinajstić information content (AvgIpc) is 2.75. The van der Waals surface area contributed by atoms with Gasteiger partial charge in [-0.2, -0.15) is 11.3 Å². The van der Waals surface area contributed by atoms with Crippen LogP contribution in [-0.4, -0.2) is 7.28 Å². The number of hydrogen-bond acceptors (Lipinski definition) is 1. The van der Waals surface area contributed by atoms with E-state index in [2.05, 4.69) is 56.0 Å².